The molecule has 0 amide bonds. The number of rotatable bonds is 1. The quantitative estimate of drug-likeness (QED) is 0.743. The fourth-order valence-electron chi connectivity index (χ4n) is 2.05. The number of nitrogen functional groups attached to an aromatic ring is 1. The standard InChI is InChI=1S/C14H8Cl2N4/c15-10-5-12-13(6-11(10)16)20(14(18)19-12)9-3-1-8(7-17)2-4-9/h1-6H,(H2,18,19). The Hall–Kier alpha value is -2.22. The second-order valence-electron chi connectivity index (χ2n) is 4.22. The fourth-order valence-corrected chi connectivity index (χ4v) is 2.36. The average molecular weight is 303 g/mol. The van der Waals surface area contributed by atoms with Gasteiger partial charge in [0, 0.05) is 5.69 Å². The van der Waals surface area contributed by atoms with Crippen LogP contribution in [0, 0.1) is 11.3 Å². The molecule has 6 heteroatoms. The number of fused-ring (bicyclic) bond motifs is 1. The van der Waals surface area contributed by atoms with Crippen molar-refractivity contribution in [3.8, 4) is 11.8 Å². The summed E-state index contributed by atoms with van der Waals surface area (Å²) in [6.07, 6.45) is 0. The predicted molar refractivity (Wildman–Crippen MR) is 80.2 cm³/mol. The summed E-state index contributed by atoms with van der Waals surface area (Å²) in [5.41, 5.74) is 8.78. The first-order valence-electron chi connectivity index (χ1n) is 5.73. The minimum absolute atomic E-state index is 0.336. The molecule has 4 nitrogen and oxygen atoms in total. The lowest BCUT2D eigenvalue weighted by Crippen LogP contribution is -2.00. The van der Waals surface area contributed by atoms with Crippen molar-refractivity contribution in [2.75, 3.05) is 5.73 Å². The molecule has 0 fully saturated rings. The monoisotopic (exact) mass is 302 g/mol. The van der Waals surface area contributed by atoms with Crippen LogP contribution in [-0.4, -0.2) is 9.55 Å². The van der Waals surface area contributed by atoms with Gasteiger partial charge in [0.2, 0.25) is 5.95 Å². The first kappa shape index (κ1) is 12.8. The Balaban J connectivity index is 2.27. The molecule has 20 heavy (non-hydrogen) atoms. The van der Waals surface area contributed by atoms with Gasteiger partial charge in [-0.1, -0.05) is 23.2 Å². The van der Waals surface area contributed by atoms with Gasteiger partial charge in [-0.3, -0.25) is 4.57 Å². The largest absolute Gasteiger partial charge is 0.369 e. The van der Waals surface area contributed by atoms with Crippen molar-refractivity contribution in [2.24, 2.45) is 0 Å². The highest BCUT2D eigenvalue weighted by Crippen LogP contribution is 2.30. The Kier molecular flexibility index (Phi) is 3.01. The number of halogens is 2. The Morgan fingerprint density at radius 1 is 1.10 bits per heavy atom. The van der Waals surface area contributed by atoms with Gasteiger partial charge in [0.25, 0.3) is 0 Å². The van der Waals surface area contributed by atoms with E-state index in [1.807, 2.05) is 0 Å². The molecular formula is C14H8Cl2N4. The number of benzene rings is 2. The lowest BCUT2D eigenvalue weighted by Gasteiger charge is -2.06. The van der Waals surface area contributed by atoms with Gasteiger partial charge in [-0.2, -0.15) is 5.26 Å². The molecule has 2 N–H and O–H groups in total. The van der Waals surface area contributed by atoms with Crippen LogP contribution < -0.4 is 5.73 Å². The summed E-state index contributed by atoms with van der Waals surface area (Å²) < 4.78 is 1.76. The van der Waals surface area contributed by atoms with Gasteiger partial charge in [-0.15, -0.1) is 0 Å². The number of nitriles is 1. The van der Waals surface area contributed by atoms with Crippen LogP contribution in [-0.2, 0) is 0 Å². The number of imidazole rings is 1. The van der Waals surface area contributed by atoms with Crippen molar-refractivity contribution in [2.45, 2.75) is 0 Å². The topological polar surface area (TPSA) is 67.6 Å². The van der Waals surface area contributed by atoms with Crippen molar-refractivity contribution in [3.63, 3.8) is 0 Å². The van der Waals surface area contributed by atoms with Crippen molar-refractivity contribution >= 4 is 40.2 Å². The minimum atomic E-state index is 0.336. The maximum absolute atomic E-state index is 8.83. The van der Waals surface area contributed by atoms with Crippen LogP contribution in [0.5, 0.6) is 0 Å². The Labute approximate surface area is 125 Å². The van der Waals surface area contributed by atoms with Crippen molar-refractivity contribution in [1.82, 2.24) is 9.55 Å². The third-order valence-corrected chi connectivity index (χ3v) is 3.70. The van der Waals surface area contributed by atoms with Gasteiger partial charge >= 0.3 is 0 Å². The van der Waals surface area contributed by atoms with Gasteiger partial charge in [0.15, 0.2) is 0 Å². The SMILES string of the molecule is N#Cc1ccc(-n2c(N)nc3cc(Cl)c(Cl)cc32)cc1. The van der Waals surface area contributed by atoms with Crippen molar-refractivity contribution < 1.29 is 0 Å². The number of aromatic nitrogens is 2. The van der Waals surface area contributed by atoms with Crippen LogP contribution in [0.1, 0.15) is 5.56 Å². The molecule has 0 bridgehead atoms. The molecule has 1 aromatic heterocycles. The zero-order valence-electron chi connectivity index (χ0n) is 10.1. The summed E-state index contributed by atoms with van der Waals surface area (Å²) >= 11 is 12.0. The van der Waals surface area contributed by atoms with Crippen LogP contribution in [0.4, 0.5) is 5.95 Å². The van der Waals surface area contributed by atoms with Gasteiger partial charge in [-0.05, 0) is 36.4 Å². The molecule has 98 valence electrons. The van der Waals surface area contributed by atoms with Gasteiger partial charge in [0.1, 0.15) is 0 Å². The maximum Gasteiger partial charge on any atom is 0.205 e. The molecule has 0 saturated carbocycles. The highest BCUT2D eigenvalue weighted by Gasteiger charge is 2.12. The second kappa shape index (κ2) is 4.71. The Morgan fingerprint density at radius 3 is 2.40 bits per heavy atom. The number of anilines is 1. The number of nitrogens with two attached hydrogens (primary N) is 1. The summed E-state index contributed by atoms with van der Waals surface area (Å²) in [5.74, 6) is 0.336. The molecule has 2 aromatic carbocycles. The van der Waals surface area contributed by atoms with Gasteiger partial charge < -0.3 is 5.73 Å². The Morgan fingerprint density at radius 2 is 1.75 bits per heavy atom. The zero-order valence-corrected chi connectivity index (χ0v) is 11.7. The molecule has 0 aliphatic rings. The highest BCUT2D eigenvalue weighted by atomic mass is 35.5. The summed E-state index contributed by atoms with van der Waals surface area (Å²) in [5, 5.41) is 9.70. The van der Waals surface area contributed by atoms with E-state index < -0.39 is 0 Å². The van der Waals surface area contributed by atoms with E-state index in [0.717, 1.165) is 11.2 Å². The van der Waals surface area contributed by atoms with E-state index in [1.165, 1.54) is 0 Å². The Bertz CT molecular complexity index is 844. The third kappa shape index (κ3) is 1.97. The molecule has 0 radical (unpaired) electrons. The van der Waals surface area contributed by atoms with E-state index in [0.29, 0.717) is 27.1 Å². The van der Waals surface area contributed by atoms with E-state index >= 15 is 0 Å². The number of hydrogen-bond acceptors (Lipinski definition) is 3. The van der Waals surface area contributed by atoms with Crippen LogP contribution in [0.15, 0.2) is 36.4 Å². The smallest absolute Gasteiger partial charge is 0.205 e. The van der Waals surface area contributed by atoms with Crippen molar-refractivity contribution in [1.29, 1.82) is 5.26 Å². The number of nitrogens with zero attached hydrogens (tertiary/aromatic N) is 3. The molecule has 0 aliphatic carbocycles. The molecule has 0 aliphatic heterocycles. The van der Waals surface area contributed by atoms with Crippen LogP contribution in [0.2, 0.25) is 10.0 Å². The molecule has 0 spiro atoms. The van der Waals surface area contributed by atoms with E-state index in [2.05, 4.69) is 11.1 Å². The van der Waals surface area contributed by atoms with Crippen molar-refractivity contribution in [3.05, 3.63) is 52.0 Å². The molecule has 3 aromatic rings. The van der Waals surface area contributed by atoms with E-state index in [-0.39, 0.29) is 0 Å². The average Bonchev–Trinajstić information content (AvgIpc) is 2.75. The molecule has 0 unspecified atom stereocenters. The molecule has 1 heterocycles. The molecule has 0 atom stereocenters. The first-order chi connectivity index (χ1) is 9.60. The molecule has 0 saturated heterocycles. The van der Waals surface area contributed by atoms with Gasteiger partial charge in [0.05, 0.1) is 32.7 Å². The van der Waals surface area contributed by atoms with E-state index in [4.69, 9.17) is 34.2 Å². The lowest BCUT2D eigenvalue weighted by molar-refractivity contribution is 1.11. The molecule has 3 rings (SSSR count). The van der Waals surface area contributed by atoms with Crippen LogP contribution in [0.3, 0.4) is 0 Å². The molecular weight excluding hydrogens is 295 g/mol. The minimum Gasteiger partial charge on any atom is -0.369 e. The van der Waals surface area contributed by atoms with E-state index in [1.54, 1.807) is 41.0 Å². The lowest BCUT2D eigenvalue weighted by atomic mass is 10.2. The fraction of sp³-hybridized carbons (Fsp3) is 0. The number of hydrogen-bond donors (Lipinski definition) is 1. The van der Waals surface area contributed by atoms with E-state index in [9.17, 15) is 0 Å². The summed E-state index contributed by atoms with van der Waals surface area (Å²) in [4.78, 5) is 4.27. The highest BCUT2D eigenvalue weighted by molar-refractivity contribution is 6.42. The normalized spacial score (nSPS) is 10.7. The zero-order chi connectivity index (χ0) is 14.3. The summed E-state index contributed by atoms with van der Waals surface area (Å²) in [6, 6.07) is 12.5. The van der Waals surface area contributed by atoms with Crippen LogP contribution >= 0.6 is 23.2 Å². The summed E-state index contributed by atoms with van der Waals surface area (Å²) in [7, 11) is 0. The van der Waals surface area contributed by atoms with Crippen LogP contribution in [0.25, 0.3) is 16.7 Å². The first-order valence-corrected chi connectivity index (χ1v) is 6.49. The van der Waals surface area contributed by atoms with Gasteiger partial charge in [-0.25, -0.2) is 4.98 Å². The third-order valence-electron chi connectivity index (χ3n) is 2.98. The second-order valence-corrected chi connectivity index (χ2v) is 5.03. The predicted octanol–water partition coefficient (Wildman–Crippen LogP) is 3.79. The summed E-state index contributed by atoms with van der Waals surface area (Å²) in [6.45, 7) is 0. The maximum atomic E-state index is 8.83.